The number of hydrogen-bond acceptors (Lipinski definition) is 4. The van der Waals surface area contributed by atoms with Gasteiger partial charge in [-0.15, -0.1) is 0 Å². The highest BCUT2D eigenvalue weighted by molar-refractivity contribution is 6.30. The monoisotopic (exact) mass is 365 g/mol. The van der Waals surface area contributed by atoms with Gasteiger partial charge in [-0.1, -0.05) is 18.0 Å². The van der Waals surface area contributed by atoms with Crippen molar-refractivity contribution in [3.8, 4) is 5.75 Å². The van der Waals surface area contributed by atoms with Gasteiger partial charge in [0.1, 0.15) is 12.4 Å². The van der Waals surface area contributed by atoms with Crippen LogP contribution >= 0.6 is 11.6 Å². The van der Waals surface area contributed by atoms with Crippen LogP contribution in [0.2, 0.25) is 5.02 Å². The fraction of sp³-hybridized carbons (Fsp3) is 0.632. The lowest BCUT2D eigenvalue weighted by atomic mass is 9.99. The second-order valence-electron chi connectivity index (χ2n) is 7.08. The molecule has 1 aromatic rings. The molecule has 0 spiro atoms. The second kappa shape index (κ2) is 8.88. The number of amides is 1. The van der Waals surface area contributed by atoms with Crippen LogP contribution in [0.25, 0.3) is 0 Å². The van der Waals surface area contributed by atoms with Gasteiger partial charge in [-0.05, 0) is 43.0 Å². The van der Waals surface area contributed by atoms with Crippen molar-refractivity contribution < 1.29 is 9.53 Å². The zero-order valence-corrected chi connectivity index (χ0v) is 15.5. The molecular formula is C19H28ClN3O2. The van der Waals surface area contributed by atoms with Crippen LogP contribution in [-0.2, 0) is 4.79 Å². The van der Waals surface area contributed by atoms with E-state index in [9.17, 15) is 4.79 Å². The van der Waals surface area contributed by atoms with Gasteiger partial charge in [0, 0.05) is 50.2 Å². The molecule has 3 rings (SSSR count). The first kappa shape index (κ1) is 18.5. The van der Waals surface area contributed by atoms with Crippen molar-refractivity contribution in [3.05, 3.63) is 29.3 Å². The molecule has 0 unspecified atom stereocenters. The van der Waals surface area contributed by atoms with Gasteiger partial charge in [0.25, 0.3) is 0 Å². The minimum atomic E-state index is 0.218. The van der Waals surface area contributed by atoms with Gasteiger partial charge in [-0.25, -0.2) is 0 Å². The summed E-state index contributed by atoms with van der Waals surface area (Å²) in [5.41, 5.74) is 6.09. The molecular weight excluding hydrogens is 338 g/mol. The van der Waals surface area contributed by atoms with Gasteiger partial charge < -0.3 is 15.4 Å². The zero-order chi connectivity index (χ0) is 17.6. The topological polar surface area (TPSA) is 58.8 Å². The lowest BCUT2D eigenvalue weighted by molar-refractivity contribution is -0.134. The Morgan fingerprint density at radius 3 is 2.52 bits per heavy atom. The van der Waals surface area contributed by atoms with Crippen LogP contribution in [-0.4, -0.2) is 61.1 Å². The summed E-state index contributed by atoms with van der Waals surface area (Å²) in [7, 11) is 0. The highest BCUT2D eigenvalue weighted by Crippen LogP contribution is 2.27. The number of nitrogens with two attached hydrogens (primary N) is 1. The predicted molar refractivity (Wildman–Crippen MR) is 99.9 cm³/mol. The molecule has 138 valence electrons. The fourth-order valence-electron chi connectivity index (χ4n) is 3.72. The largest absolute Gasteiger partial charge is 0.492 e. The molecule has 1 aliphatic carbocycles. The van der Waals surface area contributed by atoms with Gasteiger partial charge in [0.05, 0.1) is 0 Å². The molecule has 0 aromatic heterocycles. The molecule has 2 aliphatic rings. The van der Waals surface area contributed by atoms with E-state index < -0.39 is 0 Å². The minimum absolute atomic E-state index is 0.218. The summed E-state index contributed by atoms with van der Waals surface area (Å²) in [5, 5.41) is 0.715. The summed E-state index contributed by atoms with van der Waals surface area (Å²) in [6.45, 7) is 4.95. The van der Waals surface area contributed by atoms with Gasteiger partial charge in [-0.2, -0.15) is 0 Å². The summed E-state index contributed by atoms with van der Waals surface area (Å²) < 4.78 is 5.74. The van der Waals surface area contributed by atoms with Crippen LogP contribution in [0.4, 0.5) is 0 Å². The van der Waals surface area contributed by atoms with E-state index in [1.165, 1.54) is 6.42 Å². The number of piperazine rings is 1. The summed E-state index contributed by atoms with van der Waals surface area (Å²) in [5.74, 6) is 1.50. The van der Waals surface area contributed by atoms with E-state index in [2.05, 4.69) is 4.90 Å². The number of carbonyl (C=O) groups is 1. The molecule has 2 fully saturated rings. The maximum atomic E-state index is 12.4. The smallest absolute Gasteiger partial charge is 0.222 e. The SMILES string of the molecule is N[C@@H]1CCC[C@H]1CC(=O)N1CCN(CCOc2ccc(Cl)cc2)CC1. The normalized spacial score (nSPS) is 24.5. The Balaban J connectivity index is 1.34. The van der Waals surface area contributed by atoms with Crippen LogP contribution in [0.3, 0.4) is 0 Å². The average molecular weight is 366 g/mol. The number of nitrogens with zero attached hydrogens (tertiary/aromatic N) is 2. The van der Waals surface area contributed by atoms with Crippen molar-refractivity contribution in [1.82, 2.24) is 9.80 Å². The van der Waals surface area contributed by atoms with Gasteiger partial charge in [0.15, 0.2) is 0 Å². The van der Waals surface area contributed by atoms with Crippen LogP contribution in [0.5, 0.6) is 5.75 Å². The maximum absolute atomic E-state index is 12.4. The highest BCUT2D eigenvalue weighted by atomic mass is 35.5. The maximum Gasteiger partial charge on any atom is 0.222 e. The Kier molecular flexibility index (Phi) is 6.57. The van der Waals surface area contributed by atoms with Gasteiger partial charge in [-0.3, -0.25) is 9.69 Å². The van der Waals surface area contributed by atoms with E-state index in [0.717, 1.165) is 51.3 Å². The molecule has 1 heterocycles. The number of hydrogen-bond donors (Lipinski definition) is 1. The Labute approximate surface area is 155 Å². The third-order valence-corrected chi connectivity index (χ3v) is 5.62. The molecule has 1 aliphatic heterocycles. The van der Waals surface area contributed by atoms with Crippen molar-refractivity contribution in [2.45, 2.75) is 31.7 Å². The Bertz CT molecular complexity index is 558. The summed E-state index contributed by atoms with van der Waals surface area (Å²) in [6, 6.07) is 7.64. The number of benzene rings is 1. The molecule has 25 heavy (non-hydrogen) atoms. The third kappa shape index (κ3) is 5.33. The molecule has 1 saturated carbocycles. The van der Waals surface area contributed by atoms with Crippen molar-refractivity contribution in [2.24, 2.45) is 11.7 Å². The molecule has 5 nitrogen and oxygen atoms in total. The quantitative estimate of drug-likeness (QED) is 0.840. The Morgan fingerprint density at radius 2 is 1.88 bits per heavy atom. The van der Waals surface area contributed by atoms with Crippen LogP contribution in [0.1, 0.15) is 25.7 Å². The summed E-state index contributed by atoms with van der Waals surface area (Å²) >= 11 is 5.87. The Morgan fingerprint density at radius 1 is 1.16 bits per heavy atom. The van der Waals surface area contributed by atoms with E-state index in [1.807, 2.05) is 29.2 Å². The van der Waals surface area contributed by atoms with Crippen LogP contribution in [0, 0.1) is 5.92 Å². The van der Waals surface area contributed by atoms with Gasteiger partial charge in [0.2, 0.25) is 5.91 Å². The summed E-state index contributed by atoms with van der Waals surface area (Å²) in [6.07, 6.45) is 3.97. The summed E-state index contributed by atoms with van der Waals surface area (Å²) in [4.78, 5) is 16.8. The standard InChI is InChI=1S/C19H28ClN3O2/c20-16-4-6-17(7-5-16)25-13-12-22-8-10-23(11-9-22)19(24)14-15-2-1-3-18(15)21/h4-7,15,18H,1-3,8-14,21H2/t15-,18+/m0/s1. The molecule has 2 N–H and O–H groups in total. The number of rotatable bonds is 6. The lowest BCUT2D eigenvalue weighted by Gasteiger charge is -2.35. The molecule has 0 bridgehead atoms. The molecule has 1 aromatic carbocycles. The predicted octanol–water partition coefficient (Wildman–Crippen LogP) is 2.38. The van der Waals surface area contributed by atoms with E-state index >= 15 is 0 Å². The minimum Gasteiger partial charge on any atom is -0.492 e. The molecule has 6 heteroatoms. The van der Waals surface area contributed by atoms with Crippen LogP contribution in [0.15, 0.2) is 24.3 Å². The van der Waals surface area contributed by atoms with E-state index in [-0.39, 0.29) is 11.9 Å². The van der Waals surface area contributed by atoms with Crippen LogP contribution < -0.4 is 10.5 Å². The van der Waals surface area contributed by atoms with Gasteiger partial charge >= 0.3 is 0 Å². The average Bonchev–Trinajstić information content (AvgIpc) is 3.02. The van der Waals surface area contributed by atoms with E-state index in [1.54, 1.807) is 0 Å². The molecule has 1 saturated heterocycles. The Hall–Kier alpha value is -1.30. The van der Waals surface area contributed by atoms with E-state index in [4.69, 9.17) is 22.1 Å². The first-order valence-corrected chi connectivity index (χ1v) is 9.63. The number of halogens is 1. The highest BCUT2D eigenvalue weighted by Gasteiger charge is 2.29. The first-order chi connectivity index (χ1) is 12.1. The van der Waals surface area contributed by atoms with E-state index in [0.29, 0.717) is 24.0 Å². The fourth-order valence-corrected chi connectivity index (χ4v) is 3.84. The molecule has 2 atom stereocenters. The lowest BCUT2D eigenvalue weighted by Crippen LogP contribution is -2.50. The number of carbonyl (C=O) groups excluding carboxylic acids is 1. The van der Waals surface area contributed by atoms with Crippen molar-refractivity contribution in [1.29, 1.82) is 0 Å². The van der Waals surface area contributed by atoms with Crippen molar-refractivity contribution in [3.63, 3.8) is 0 Å². The zero-order valence-electron chi connectivity index (χ0n) is 14.7. The van der Waals surface area contributed by atoms with Crippen molar-refractivity contribution in [2.75, 3.05) is 39.3 Å². The third-order valence-electron chi connectivity index (χ3n) is 5.37. The second-order valence-corrected chi connectivity index (χ2v) is 7.52. The number of ether oxygens (including phenoxy) is 1. The van der Waals surface area contributed by atoms with Crippen molar-refractivity contribution >= 4 is 17.5 Å². The molecule has 1 amide bonds. The molecule has 0 radical (unpaired) electrons. The first-order valence-electron chi connectivity index (χ1n) is 9.26.